The highest BCUT2D eigenvalue weighted by molar-refractivity contribution is 6.30. The molecule has 3 nitrogen and oxygen atoms in total. The van der Waals surface area contributed by atoms with E-state index in [0.717, 1.165) is 10.6 Å². The lowest BCUT2D eigenvalue weighted by atomic mass is 9.88. The molecule has 1 heterocycles. The van der Waals surface area contributed by atoms with Crippen LogP contribution in [-0.2, 0) is 6.42 Å². The molecule has 0 N–H and O–H groups in total. The number of hydrogen-bond donors (Lipinski definition) is 0. The van der Waals surface area contributed by atoms with Crippen molar-refractivity contribution in [2.45, 2.75) is 19.3 Å². The van der Waals surface area contributed by atoms with Crippen LogP contribution in [0.2, 0.25) is 5.02 Å². The molecule has 0 spiro atoms. The van der Waals surface area contributed by atoms with Gasteiger partial charge in [-0.3, -0.25) is 0 Å². The van der Waals surface area contributed by atoms with Gasteiger partial charge in [-0.25, -0.2) is 0 Å². The van der Waals surface area contributed by atoms with Crippen LogP contribution in [0, 0.1) is 6.92 Å². The summed E-state index contributed by atoms with van der Waals surface area (Å²) >= 11 is 6.07. The molecule has 0 saturated heterocycles. The molecule has 0 fully saturated rings. The molecule has 0 aliphatic heterocycles. The number of aryl methyl sites for hydroxylation is 1. The van der Waals surface area contributed by atoms with Gasteiger partial charge >= 0.3 is 0 Å². The summed E-state index contributed by atoms with van der Waals surface area (Å²) in [6, 6.07) is 26.3. The number of halogens is 1. The van der Waals surface area contributed by atoms with Crippen LogP contribution in [0.3, 0.4) is 0 Å². The van der Waals surface area contributed by atoms with Crippen LogP contribution >= 0.6 is 11.6 Å². The van der Waals surface area contributed by atoms with Crippen LogP contribution in [0.5, 0.6) is 0 Å². The first-order valence-corrected chi connectivity index (χ1v) is 9.26. The number of aromatic nitrogens is 2. The average Bonchev–Trinajstić information content (AvgIpc) is 3.17. The Hall–Kier alpha value is -2.91. The SMILES string of the molecule is Cc1ccc([C@H](Cc2nnc(-c3ccccc3)o2)c2ccc(Cl)cc2)cc1. The molecule has 0 bridgehead atoms. The van der Waals surface area contributed by atoms with Crippen molar-refractivity contribution in [1.82, 2.24) is 10.2 Å². The van der Waals surface area contributed by atoms with E-state index in [0.29, 0.717) is 18.2 Å². The zero-order valence-corrected chi connectivity index (χ0v) is 15.7. The van der Waals surface area contributed by atoms with Crippen LogP contribution in [0.4, 0.5) is 0 Å². The van der Waals surface area contributed by atoms with Gasteiger partial charge in [0.05, 0.1) is 0 Å². The Kier molecular flexibility index (Phi) is 5.03. The van der Waals surface area contributed by atoms with Crippen molar-refractivity contribution < 1.29 is 4.42 Å². The Morgan fingerprint density at radius 1 is 0.815 bits per heavy atom. The largest absolute Gasteiger partial charge is 0.421 e. The van der Waals surface area contributed by atoms with E-state index in [1.807, 2.05) is 42.5 Å². The Labute approximate surface area is 163 Å². The Bertz CT molecular complexity index is 963. The monoisotopic (exact) mass is 374 g/mol. The lowest BCUT2D eigenvalue weighted by Crippen LogP contribution is -2.05. The smallest absolute Gasteiger partial charge is 0.247 e. The topological polar surface area (TPSA) is 38.9 Å². The molecule has 134 valence electrons. The second-order valence-corrected chi connectivity index (χ2v) is 7.02. The third kappa shape index (κ3) is 4.09. The van der Waals surface area contributed by atoms with E-state index in [-0.39, 0.29) is 5.92 Å². The molecule has 0 unspecified atom stereocenters. The highest BCUT2D eigenvalue weighted by Gasteiger charge is 2.19. The molecule has 4 heteroatoms. The highest BCUT2D eigenvalue weighted by Crippen LogP contribution is 2.30. The van der Waals surface area contributed by atoms with E-state index in [2.05, 4.69) is 53.5 Å². The van der Waals surface area contributed by atoms with Gasteiger partial charge in [-0.2, -0.15) is 0 Å². The standard InChI is InChI=1S/C23H19ClN2O/c1-16-7-9-17(10-8-16)21(18-11-13-20(24)14-12-18)15-22-25-26-23(27-22)19-5-3-2-4-6-19/h2-14,21H,15H2,1H3/t21-/m0/s1. The fraction of sp³-hybridized carbons (Fsp3) is 0.130. The molecular weight excluding hydrogens is 356 g/mol. The number of rotatable bonds is 5. The predicted molar refractivity (Wildman–Crippen MR) is 108 cm³/mol. The van der Waals surface area contributed by atoms with Gasteiger partial charge in [0.2, 0.25) is 11.8 Å². The molecule has 1 aromatic heterocycles. The fourth-order valence-corrected chi connectivity index (χ4v) is 3.26. The van der Waals surface area contributed by atoms with Crippen molar-refractivity contribution >= 4 is 11.6 Å². The first-order chi connectivity index (χ1) is 13.2. The molecule has 4 rings (SSSR count). The minimum absolute atomic E-state index is 0.118. The maximum atomic E-state index is 6.07. The van der Waals surface area contributed by atoms with Crippen LogP contribution in [-0.4, -0.2) is 10.2 Å². The summed E-state index contributed by atoms with van der Waals surface area (Å²) in [5.41, 5.74) is 4.54. The molecule has 1 atom stereocenters. The van der Waals surface area contributed by atoms with Crippen LogP contribution < -0.4 is 0 Å². The molecule has 0 aliphatic rings. The van der Waals surface area contributed by atoms with Gasteiger partial charge in [-0.1, -0.05) is 71.8 Å². The maximum Gasteiger partial charge on any atom is 0.247 e. The lowest BCUT2D eigenvalue weighted by molar-refractivity contribution is 0.493. The Balaban J connectivity index is 1.66. The van der Waals surface area contributed by atoms with Crippen LogP contribution in [0.1, 0.15) is 28.5 Å². The minimum Gasteiger partial charge on any atom is -0.421 e. The summed E-state index contributed by atoms with van der Waals surface area (Å²) < 4.78 is 5.94. The summed E-state index contributed by atoms with van der Waals surface area (Å²) in [6.45, 7) is 2.09. The van der Waals surface area contributed by atoms with Crippen LogP contribution in [0.25, 0.3) is 11.5 Å². The third-order valence-corrected chi connectivity index (χ3v) is 4.87. The van der Waals surface area contributed by atoms with Gasteiger partial charge in [-0.05, 0) is 42.3 Å². The van der Waals surface area contributed by atoms with Crippen molar-refractivity contribution in [3.05, 3.63) is 106 Å². The Morgan fingerprint density at radius 2 is 1.44 bits per heavy atom. The van der Waals surface area contributed by atoms with Crippen molar-refractivity contribution in [3.63, 3.8) is 0 Å². The van der Waals surface area contributed by atoms with E-state index < -0.39 is 0 Å². The molecule has 0 aliphatic carbocycles. The highest BCUT2D eigenvalue weighted by atomic mass is 35.5. The molecule has 4 aromatic rings. The van der Waals surface area contributed by atoms with Crippen molar-refractivity contribution in [2.75, 3.05) is 0 Å². The summed E-state index contributed by atoms with van der Waals surface area (Å²) in [5.74, 6) is 1.28. The number of benzene rings is 3. The minimum atomic E-state index is 0.118. The third-order valence-electron chi connectivity index (χ3n) is 4.62. The summed E-state index contributed by atoms with van der Waals surface area (Å²) in [4.78, 5) is 0. The molecular formula is C23H19ClN2O. The van der Waals surface area contributed by atoms with E-state index in [4.69, 9.17) is 16.0 Å². The van der Waals surface area contributed by atoms with Gasteiger partial charge in [0, 0.05) is 22.9 Å². The van der Waals surface area contributed by atoms with Crippen molar-refractivity contribution in [1.29, 1.82) is 0 Å². The average molecular weight is 375 g/mol. The second kappa shape index (κ2) is 7.77. The fourth-order valence-electron chi connectivity index (χ4n) is 3.13. The van der Waals surface area contributed by atoms with Crippen molar-refractivity contribution in [3.8, 4) is 11.5 Å². The zero-order chi connectivity index (χ0) is 18.6. The van der Waals surface area contributed by atoms with Gasteiger partial charge < -0.3 is 4.42 Å². The van der Waals surface area contributed by atoms with E-state index in [1.165, 1.54) is 16.7 Å². The summed E-state index contributed by atoms with van der Waals surface area (Å²) in [5, 5.41) is 9.22. The van der Waals surface area contributed by atoms with Crippen molar-refractivity contribution in [2.24, 2.45) is 0 Å². The normalized spacial score (nSPS) is 12.1. The Morgan fingerprint density at radius 3 is 2.11 bits per heavy atom. The molecule has 0 amide bonds. The van der Waals surface area contributed by atoms with Gasteiger partial charge in [0.25, 0.3) is 0 Å². The molecule has 3 aromatic carbocycles. The van der Waals surface area contributed by atoms with E-state index in [1.54, 1.807) is 0 Å². The quantitative estimate of drug-likeness (QED) is 0.425. The second-order valence-electron chi connectivity index (χ2n) is 6.59. The molecule has 0 saturated carbocycles. The van der Waals surface area contributed by atoms with E-state index in [9.17, 15) is 0 Å². The maximum absolute atomic E-state index is 6.07. The predicted octanol–water partition coefficient (Wildman–Crippen LogP) is 6.07. The molecule has 27 heavy (non-hydrogen) atoms. The molecule has 0 radical (unpaired) electrons. The van der Waals surface area contributed by atoms with E-state index >= 15 is 0 Å². The lowest BCUT2D eigenvalue weighted by Gasteiger charge is -2.16. The van der Waals surface area contributed by atoms with Crippen LogP contribution in [0.15, 0.2) is 83.3 Å². The van der Waals surface area contributed by atoms with Gasteiger partial charge in [0.15, 0.2) is 0 Å². The summed E-state index contributed by atoms with van der Waals surface area (Å²) in [6.07, 6.45) is 0.629. The van der Waals surface area contributed by atoms with Gasteiger partial charge in [-0.15, -0.1) is 10.2 Å². The summed E-state index contributed by atoms with van der Waals surface area (Å²) in [7, 11) is 0. The first-order valence-electron chi connectivity index (χ1n) is 8.89. The van der Waals surface area contributed by atoms with Gasteiger partial charge in [0.1, 0.15) is 0 Å². The number of hydrogen-bond acceptors (Lipinski definition) is 3. The first kappa shape index (κ1) is 17.5. The zero-order valence-electron chi connectivity index (χ0n) is 15.0. The number of nitrogens with zero attached hydrogens (tertiary/aromatic N) is 2.